The van der Waals surface area contributed by atoms with Crippen molar-refractivity contribution >= 4 is 47.2 Å². The van der Waals surface area contributed by atoms with E-state index in [0.29, 0.717) is 36.1 Å². The maximum absolute atomic E-state index is 11.6. The number of carbonyl (C=O) groups excluding carboxylic acids is 1. The van der Waals surface area contributed by atoms with Crippen LogP contribution in [0, 0.1) is 20.8 Å². The highest BCUT2D eigenvalue weighted by Crippen LogP contribution is 2.17. The fraction of sp³-hybridized carbons (Fsp3) is 0.438. The zero-order chi connectivity index (χ0) is 17.7. The Morgan fingerprint density at radius 2 is 2.00 bits per heavy atom. The van der Waals surface area contributed by atoms with Crippen molar-refractivity contribution in [1.29, 1.82) is 0 Å². The van der Waals surface area contributed by atoms with Crippen molar-refractivity contribution in [3.63, 3.8) is 0 Å². The normalized spacial score (nSPS) is 11.0. The smallest absolute Gasteiger partial charge is 0.341 e. The molecule has 0 aliphatic heterocycles. The number of aryl methyl sites for hydroxylation is 3. The molecule has 25 heavy (non-hydrogen) atoms. The third-order valence-electron chi connectivity index (χ3n) is 3.44. The minimum Gasteiger partial charge on any atom is -0.465 e. The Labute approximate surface area is 168 Å². The molecule has 2 aromatic heterocycles. The number of hydrogen-bond acceptors (Lipinski definition) is 6. The van der Waals surface area contributed by atoms with Gasteiger partial charge in [0.15, 0.2) is 5.96 Å². The lowest BCUT2D eigenvalue weighted by Gasteiger charge is -2.10. The molecule has 7 nitrogen and oxygen atoms in total. The Balaban J connectivity index is 0.00000312. The largest absolute Gasteiger partial charge is 0.465 e. The van der Waals surface area contributed by atoms with Crippen LogP contribution in [-0.4, -0.2) is 31.1 Å². The monoisotopic (exact) mass is 478 g/mol. The number of furan rings is 1. The molecule has 0 aromatic carbocycles. The van der Waals surface area contributed by atoms with Crippen LogP contribution in [0.5, 0.6) is 0 Å². The molecule has 2 aromatic rings. The van der Waals surface area contributed by atoms with Crippen molar-refractivity contribution < 1.29 is 13.9 Å². The van der Waals surface area contributed by atoms with Gasteiger partial charge in [-0.05, 0) is 26.8 Å². The summed E-state index contributed by atoms with van der Waals surface area (Å²) in [5.41, 5.74) is 1.47. The van der Waals surface area contributed by atoms with Crippen LogP contribution in [0.2, 0.25) is 0 Å². The summed E-state index contributed by atoms with van der Waals surface area (Å²) in [6.45, 7) is 6.79. The van der Waals surface area contributed by atoms with Crippen molar-refractivity contribution in [2.45, 2.75) is 33.9 Å². The van der Waals surface area contributed by atoms with Crippen molar-refractivity contribution in [2.24, 2.45) is 4.99 Å². The number of guanidine groups is 1. The molecule has 0 unspecified atom stereocenters. The van der Waals surface area contributed by atoms with E-state index < -0.39 is 5.97 Å². The van der Waals surface area contributed by atoms with Crippen molar-refractivity contribution in [3.05, 3.63) is 38.7 Å². The summed E-state index contributed by atoms with van der Waals surface area (Å²) in [5.74, 6) is 1.42. The van der Waals surface area contributed by atoms with E-state index >= 15 is 0 Å². The van der Waals surface area contributed by atoms with Crippen LogP contribution in [0.3, 0.4) is 0 Å². The maximum Gasteiger partial charge on any atom is 0.341 e. The number of carbonyl (C=O) groups is 1. The molecule has 0 saturated carbocycles. The van der Waals surface area contributed by atoms with Crippen LogP contribution in [0.4, 0.5) is 0 Å². The third-order valence-corrected chi connectivity index (χ3v) is 4.52. The van der Waals surface area contributed by atoms with Crippen LogP contribution in [-0.2, 0) is 17.8 Å². The number of esters is 1. The predicted octanol–water partition coefficient (Wildman–Crippen LogP) is 2.93. The van der Waals surface area contributed by atoms with E-state index in [1.807, 2.05) is 13.8 Å². The van der Waals surface area contributed by atoms with Crippen LogP contribution >= 0.6 is 35.3 Å². The summed E-state index contributed by atoms with van der Waals surface area (Å²) >= 11 is 1.67. The first-order valence-electron chi connectivity index (χ1n) is 7.49. The van der Waals surface area contributed by atoms with Crippen LogP contribution < -0.4 is 10.6 Å². The van der Waals surface area contributed by atoms with E-state index in [2.05, 4.69) is 20.6 Å². The van der Waals surface area contributed by atoms with E-state index in [1.165, 1.54) is 12.0 Å². The zero-order valence-electron chi connectivity index (χ0n) is 14.9. The molecule has 0 spiro atoms. The average molecular weight is 478 g/mol. The van der Waals surface area contributed by atoms with E-state index in [4.69, 9.17) is 9.15 Å². The number of rotatable bonds is 5. The summed E-state index contributed by atoms with van der Waals surface area (Å²) < 4.78 is 10.3. The first-order chi connectivity index (χ1) is 11.4. The predicted molar refractivity (Wildman–Crippen MR) is 109 cm³/mol. The number of nitrogens with one attached hydrogen (secondary N) is 2. The molecule has 0 radical (unpaired) electrons. The fourth-order valence-corrected chi connectivity index (χ4v) is 3.11. The third kappa shape index (κ3) is 5.70. The number of methoxy groups -OCH3 is 1. The zero-order valence-corrected chi connectivity index (χ0v) is 18.1. The Morgan fingerprint density at radius 3 is 2.56 bits per heavy atom. The molecule has 0 aliphatic carbocycles. The Morgan fingerprint density at radius 1 is 1.32 bits per heavy atom. The number of aliphatic imine (C=N–C) groups is 1. The summed E-state index contributed by atoms with van der Waals surface area (Å²) in [7, 11) is 3.05. The standard InChI is InChI=1S/C16H22N4O3S.HI/c1-9-14(24-11(3)20-9)8-19-16(17-4)18-7-12-6-13(10(2)23-12)15(21)22-5;/h6H,7-8H2,1-5H3,(H2,17,18,19);1H. The molecule has 0 bridgehead atoms. The molecular weight excluding hydrogens is 455 g/mol. The number of ether oxygens (including phenoxy) is 1. The second-order valence-corrected chi connectivity index (χ2v) is 6.48. The maximum atomic E-state index is 11.6. The van der Waals surface area contributed by atoms with Gasteiger partial charge in [0.1, 0.15) is 17.1 Å². The minimum absolute atomic E-state index is 0. The molecule has 0 atom stereocenters. The molecule has 0 amide bonds. The molecule has 2 heterocycles. The summed E-state index contributed by atoms with van der Waals surface area (Å²) in [6.07, 6.45) is 0. The first-order valence-corrected chi connectivity index (χ1v) is 8.31. The lowest BCUT2D eigenvalue weighted by molar-refractivity contribution is 0.0599. The SMILES string of the molecule is CN=C(NCc1cc(C(=O)OC)c(C)o1)NCc1sc(C)nc1C.I. The highest BCUT2D eigenvalue weighted by molar-refractivity contribution is 14.0. The van der Waals surface area contributed by atoms with Gasteiger partial charge in [-0.15, -0.1) is 35.3 Å². The summed E-state index contributed by atoms with van der Waals surface area (Å²) in [6, 6.07) is 1.68. The van der Waals surface area contributed by atoms with Gasteiger partial charge >= 0.3 is 5.97 Å². The van der Waals surface area contributed by atoms with Crippen LogP contribution in [0.25, 0.3) is 0 Å². The van der Waals surface area contributed by atoms with E-state index in [-0.39, 0.29) is 24.0 Å². The second kappa shape index (κ2) is 9.76. The van der Waals surface area contributed by atoms with Gasteiger partial charge in [-0.25, -0.2) is 9.78 Å². The number of hydrogen-bond donors (Lipinski definition) is 2. The van der Waals surface area contributed by atoms with Gasteiger partial charge in [-0.1, -0.05) is 0 Å². The first kappa shape index (κ1) is 21.4. The lowest BCUT2D eigenvalue weighted by atomic mass is 10.2. The number of thiazole rings is 1. The molecular formula is C16H23IN4O3S. The second-order valence-electron chi connectivity index (χ2n) is 5.19. The van der Waals surface area contributed by atoms with Gasteiger partial charge in [0.2, 0.25) is 0 Å². The number of nitrogens with zero attached hydrogens (tertiary/aromatic N) is 2. The van der Waals surface area contributed by atoms with Gasteiger partial charge in [0.05, 0.1) is 30.9 Å². The molecule has 2 N–H and O–H groups in total. The van der Waals surface area contributed by atoms with Gasteiger partial charge in [0.25, 0.3) is 0 Å². The Kier molecular flexibility index (Phi) is 8.36. The Bertz CT molecular complexity index is 755. The van der Waals surface area contributed by atoms with Crippen LogP contribution in [0.1, 0.15) is 37.5 Å². The number of halogens is 1. The average Bonchev–Trinajstić information content (AvgIpc) is 3.08. The van der Waals surface area contributed by atoms with Crippen molar-refractivity contribution in [2.75, 3.05) is 14.2 Å². The molecule has 0 saturated heterocycles. The minimum atomic E-state index is -0.402. The molecule has 138 valence electrons. The molecule has 2 rings (SSSR count). The summed E-state index contributed by atoms with van der Waals surface area (Å²) in [5, 5.41) is 7.45. The quantitative estimate of drug-likeness (QED) is 0.298. The van der Waals surface area contributed by atoms with Gasteiger partial charge in [-0.2, -0.15) is 0 Å². The van der Waals surface area contributed by atoms with Crippen LogP contribution in [0.15, 0.2) is 15.5 Å². The van der Waals surface area contributed by atoms with E-state index in [9.17, 15) is 4.79 Å². The van der Waals surface area contributed by atoms with E-state index in [0.717, 1.165) is 10.7 Å². The van der Waals surface area contributed by atoms with Crippen molar-refractivity contribution in [3.8, 4) is 0 Å². The topological polar surface area (TPSA) is 88.8 Å². The molecule has 0 fully saturated rings. The highest BCUT2D eigenvalue weighted by Gasteiger charge is 2.15. The van der Waals surface area contributed by atoms with Crippen molar-refractivity contribution in [1.82, 2.24) is 15.6 Å². The Hall–Kier alpha value is -1.62. The molecule has 0 aliphatic rings. The summed E-state index contributed by atoms with van der Waals surface area (Å²) in [4.78, 5) is 21.4. The van der Waals surface area contributed by atoms with Gasteiger partial charge in [0, 0.05) is 11.9 Å². The fourth-order valence-electron chi connectivity index (χ4n) is 2.24. The van der Waals surface area contributed by atoms with Gasteiger partial charge < -0.3 is 19.8 Å². The molecule has 9 heteroatoms. The lowest BCUT2D eigenvalue weighted by Crippen LogP contribution is -2.36. The highest BCUT2D eigenvalue weighted by atomic mass is 127. The van der Waals surface area contributed by atoms with Gasteiger partial charge in [-0.3, -0.25) is 4.99 Å². The number of aromatic nitrogens is 1. The van der Waals surface area contributed by atoms with E-state index in [1.54, 1.807) is 31.4 Å².